The van der Waals surface area contributed by atoms with Gasteiger partial charge >= 0.3 is 13.8 Å². The number of hydrogen-bond acceptors (Lipinski definition) is 11. The van der Waals surface area contributed by atoms with Crippen LogP contribution in [0.1, 0.15) is 245 Å². The Labute approximate surface area is 414 Å². The van der Waals surface area contributed by atoms with Gasteiger partial charge in [0.1, 0.15) is 42.7 Å². The van der Waals surface area contributed by atoms with Gasteiger partial charge in [0.15, 0.2) is 0 Å². The Hall–Kier alpha value is -1.44. The highest BCUT2D eigenvalue weighted by Crippen LogP contribution is 2.47. The highest BCUT2D eigenvalue weighted by molar-refractivity contribution is 7.47. The second-order valence-corrected chi connectivity index (χ2v) is 20.8. The molecule has 1 rings (SSSR count). The van der Waals surface area contributed by atoms with E-state index in [1.807, 2.05) is 0 Å². The number of unbranched alkanes of at least 4 members (excludes halogenated alkanes) is 30. The zero-order valence-corrected chi connectivity index (χ0v) is 44.1. The smallest absolute Gasteiger partial charge is 0.457 e. The molecule has 0 radical (unpaired) electrons. The van der Waals surface area contributed by atoms with Crippen LogP contribution in [0.15, 0.2) is 36.5 Å². The highest BCUT2D eigenvalue weighted by atomic mass is 31.2. The Balaban J connectivity index is 2.30. The van der Waals surface area contributed by atoms with Gasteiger partial charge in [0, 0.05) is 13.0 Å². The molecule has 6 N–H and O–H groups in total. The molecule has 0 aliphatic heterocycles. The molecule has 0 bridgehead atoms. The van der Waals surface area contributed by atoms with Crippen molar-refractivity contribution < 1.29 is 58.3 Å². The molecule has 68 heavy (non-hydrogen) atoms. The third kappa shape index (κ3) is 36.5. The summed E-state index contributed by atoms with van der Waals surface area (Å²) in [4.78, 5) is 23.3. The van der Waals surface area contributed by atoms with Gasteiger partial charge in [-0.25, -0.2) is 4.57 Å². The van der Waals surface area contributed by atoms with Crippen LogP contribution in [-0.4, -0.2) is 98.9 Å². The van der Waals surface area contributed by atoms with Crippen molar-refractivity contribution in [3.63, 3.8) is 0 Å². The third-order valence-corrected chi connectivity index (χ3v) is 14.0. The van der Waals surface area contributed by atoms with E-state index < -0.39 is 63.1 Å². The van der Waals surface area contributed by atoms with E-state index in [4.69, 9.17) is 18.5 Å². The largest absolute Gasteiger partial charge is 0.472 e. The molecule has 1 fully saturated rings. The van der Waals surface area contributed by atoms with Gasteiger partial charge in [-0.05, 0) is 70.6 Å². The number of ether oxygens (including phenoxy) is 2. The van der Waals surface area contributed by atoms with Crippen molar-refractivity contribution in [2.24, 2.45) is 0 Å². The molecule has 400 valence electrons. The van der Waals surface area contributed by atoms with Crippen molar-refractivity contribution in [3.05, 3.63) is 36.5 Å². The molecule has 0 saturated heterocycles. The molecule has 0 heterocycles. The number of carbonyl (C=O) groups is 1. The first-order valence-electron chi connectivity index (χ1n) is 27.8. The lowest BCUT2D eigenvalue weighted by Crippen LogP contribution is -2.64. The van der Waals surface area contributed by atoms with E-state index in [2.05, 4.69) is 50.3 Å². The molecule has 6 atom stereocenters. The topological polar surface area (TPSA) is 192 Å². The van der Waals surface area contributed by atoms with Crippen LogP contribution in [0.4, 0.5) is 0 Å². The summed E-state index contributed by atoms with van der Waals surface area (Å²) in [5.41, 5.74) is 0. The lowest BCUT2D eigenvalue weighted by Gasteiger charge is -2.41. The first-order valence-corrected chi connectivity index (χ1v) is 29.3. The zero-order chi connectivity index (χ0) is 49.8. The second kappa shape index (κ2) is 45.4. The Morgan fingerprint density at radius 3 is 1.28 bits per heavy atom. The fraction of sp³-hybridized carbons (Fsp3) is 0.873. The maximum absolute atomic E-state index is 12.9. The minimum atomic E-state index is -5.03. The van der Waals surface area contributed by atoms with Crippen LogP contribution >= 0.6 is 7.82 Å². The molecule has 1 saturated carbocycles. The van der Waals surface area contributed by atoms with Crippen molar-refractivity contribution in [1.29, 1.82) is 0 Å². The Bertz CT molecular complexity index is 1260. The fourth-order valence-electron chi connectivity index (χ4n) is 8.56. The molecule has 0 spiro atoms. The van der Waals surface area contributed by atoms with E-state index in [1.54, 1.807) is 0 Å². The summed E-state index contributed by atoms with van der Waals surface area (Å²) in [6.07, 6.45) is 43.5. The first kappa shape index (κ1) is 64.6. The SMILES string of the molecule is CCCCC/C=C\C/C=C\CCCCCCCCCCCC(=O)OC(COCCCCCCCCCCCC/C=C\CCCCCCCCCC)COP(=O)(O)OC1C(O)C(O)C(O)C(O)C1O. The lowest BCUT2D eigenvalue weighted by atomic mass is 9.85. The van der Waals surface area contributed by atoms with Crippen molar-refractivity contribution in [2.75, 3.05) is 19.8 Å². The van der Waals surface area contributed by atoms with Gasteiger partial charge in [0.25, 0.3) is 0 Å². The van der Waals surface area contributed by atoms with E-state index in [-0.39, 0.29) is 13.0 Å². The summed E-state index contributed by atoms with van der Waals surface area (Å²) in [6, 6.07) is 0. The van der Waals surface area contributed by atoms with Crippen LogP contribution < -0.4 is 0 Å². The highest BCUT2D eigenvalue weighted by Gasteiger charge is 2.51. The first-order chi connectivity index (χ1) is 33.0. The Kier molecular flexibility index (Phi) is 43.1. The molecule has 6 unspecified atom stereocenters. The van der Waals surface area contributed by atoms with Gasteiger partial charge in [-0.3, -0.25) is 13.8 Å². The van der Waals surface area contributed by atoms with E-state index in [9.17, 15) is 39.8 Å². The molecule has 0 aromatic rings. The summed E-state index contributed by atoms with van der Waals surface area (Å²) >= 11 is 0. The quantitative estimate of drug-likeness (QED) is 0.0147. The molecule has 0 aromatic heterocycles. The summed E-state index contributed by atoms with van der Waals surface area (Å²) < 4.78 is 34.4. The normalized spacial score (nSPS) is 21.4. The predicted octanol–water partition coefficient (Wildman–Crippen LogP) is 13.0. The van der Waals surface area contributed by atoms with Gasteiger partial charge in [0.2, 0.25) is 0 Å². The average molecular weight is 987 g/mol. The van der Waals surface area contributed by atoms with Crippen LogP contribution in [0.25, 0.3) is 0 Å². The van der Waals surface area contributed by atoms with Crippen LogP contribution in [0.5, 0.6) is 0 Å². The van der Waals surface area contributed by atoms with Crippen LogP contribution in [0.3, 0.4) is 0 Å². The van der Waals surface area contributed by atoms with Gasteiger partial charge in [-0.15, -0.1) is 0 Å². The van der Waals surface area contributed by atoms with Crippen LogP contribution in [0.2, 0.25) is 0 Å². The van der Waals surface area contributed by atoms with E-state index in [0.717, 1.165) is 51.4 Å². The minimum Gasteiger partial charge on any atom is -0.457 e. The third-order valence-electron chi connectivity index (χ3n) is 13.0. The lowest BCUT2D eigenvalue weighted by molar-refractivity contribution is -0.220. The van der Waals surface area contributed by atoms with Crippen molar-refractivity contribution in [1.82, 2.24) is 0 Å². The molecule has 0 aromatic carbocycles. The van der Waals surface area contributed by atoms with E-state index in [0.29, 0.717) is 13.0 Å². The maximum atomic E-state index is 12.9. The van der Waals surface area contributed by atoms with E-state index >= 15 is 0 Å². The summed E-state index contributed by atoms with van der Waals surface area (Å²) in [5, 5.41) is 50.4. The number of hydrogen-bond donors (Lipinski definition) is 6. The van der Waals surface area contributed by atoms with Crippen molar-refractivity contribution in [3.8, 4) is 0 Å². The minimum absolute atomic E-state index is 0.0775. The Morgan fingerprint density at radius 2 is 0.824 bits per heavy atom. The second-order valence-electron chi connectivity index (χ2n) is 19.4. The standard InChI is InChI=1S/C55H103O12P/c1-3-5-7-9-11-13-15-17-19-21-23-24-25-27-29-31-33-35-37-39-41-43-45-64-46-48(47-65-68(62,63)67-55-53(60)51(58)50(57)52(59)54(55)61)66-49(56)44-42-40-38-36-34-32-30-28-26-22-20-18-16-14-12-10-8-6-4-2/h12,14,18,20-21,23,48,50-55,57-61H,3-11,13,15-17,19,22,24-47H2,1-2H3,(H,62,63)/b14-12-,20-18-,23-21-. The molecule has 1 aliphatic rings. The zero-order valence-electron chi connectivity index (χ0n) is 43.2. The summed E-state index contributed by atoms with van der Waals surface area (Å²) in [6.45, 7) is 4.27. The predicted molar refractivity (Wildman–Crippen MR) is 276 cm³/mol. The molecule has 13 heteroatoms. The van der Waals surface area contributed by atoms with Crippen molar-refractivity contribution >= 4 is 13.8 Å². The van der Waals surface area contributed by atoms with Gasteiger partial charge in [0.05, 0.1) is 13.2 Å². The molecular weight excluding hydrogens is 884 g/mol. The van der Waals surface area contributed by atoms with Gasteiger partial charge in [-0.2, -0.15) is 0 Å². The number of aliphatic hydroxyl groups excluding tert-OH is 5. The molecule has 12 nitrogen and oxygen atoms in total. The van der Waals surface area contributed by atoms with Crippen molar-refractivity contribution in [2.45, 2.75) is 288 Å². The number of esters is 1. The molecular formula is C55H103O12P. The van der Waals surface area contributed by atoms with Gasteiger partial charge in [-0.1, -0.05) is 204 Å². The maximum Gasteiger partial charge on any atom is 0.472 e. The number of rotatable bonds is 48. The summed E-state index contributed by atoms with van der Waals surface area (Å²) in [7, 11) is -5.03. The number of allylic oxidation sites excluding steroid dienone is 6. The number of phosphoric acid groups is 1. The fourth-order valence-corrected chi connectivity index (χ4v) is 9.53. The number of phosphoric ester groups is 1. The van der Waals surface area contributed by atoms with E-state index in [1.165, 1.54) is 167 Å². The number of carbonyl (C=O) groups excluding carboxylic acids is 1. The van der Waals surface area contributed by atoms with Crippen LogP contribution in [-0.2, 0) is 27.9 Å². The van der Waals surface area contributed by atoms with Gasteiger partial charge < -0.3 is 39.9 Å². The van der Waals surface area contributed by atoms with Crippen LogP contribution in [0, 0.1) is 0 Å². The molecule has 0 amide bonds. The summed E-state index contributed by atoms with van der Waals surface area (Å²) in [5.74, 6) is -0.479. The average Bonchev–Trinajstić information content (AvgIpc) is 3.32. The molecule has 1 aliphatic carbocycles. The monoisotopic (exact) mass is 987 g/mol. The number of aliphatic hydroxyl groups is 5. The Morgan fingerprint density at radius 1 is 0.471 bits per heavy atom.